The fraction of sp³-hybridized carbons (Fsp3) is 0.312. The maximum Gasteiger partial charge on any atom is 0.354 e. The van der Waals surface area contributed by atoms with Crippen molar-refractivity contribution < 1.29 is 91.1 Å². The number of methoxy groups -OCH3 is 1. The summed E-state index contributed by atoms with van der Waals surface area (Å²) in [5.41, 5.74) is 10.9. The van der Waals surface area contributed by atoms with E-state index in [0.717, 1.165) is 79.7 Å². The lowest BCUT2D eigenvalue weighted by Crippen LogP contribution is -2.27. The highest BCUT2D eigenvalue weighted by Gasteiger charge is 2.28. The standard InChI is InChI=1S/C22H25NO3.C19H19NO3.C15H17NO4.C15H19NO3.C13H15NO3.C12H13NO3/c1-4-25-22(24)20-13-18-19(23(20)14-16(2)3)11-8-12-21(18)26-15-17-9-6-5-7-10-17;1-3-22-19(21)17-12-15-16(20(17)2)10-7-11-18(15)23-13-14-8-5-4-6-9-14;1-16(2)15(17)11-6-10-4-3-5-13(14(10)20-7-11)19-9-12-8-18-12;1-4-19-15(18)13-8-11-12(6-5-7-14(11)17)16(13)9-10(2)3;1-14(2)13(15)10-7-9-5-4-6-11(16-3)12(9)17-8-10;1-3-16-12(15)10-7-8-9(13(10)2)5-4-6-11(8)14/h5-13,16H,4,14-15H2,1-3H3;4-12H,3,13H2,1-2H3;3-6,12H,7-9H2,1-2H3;5-8,10,17H,4,9H2,1-3H3;4-7H,8H2,1-3H3;4-7,14H,3H2,1-2H3/t;;12-;;;/m..0.../s1. The normalized spacial score (nSPS) is 12.7. The van der Waals surface area contributed by atoms with E-state index in [9.17, 15) is 39.0 Å². The number of phenols is 2. The summed E-state index contributed by atoms with van der Waals surface area (Å²) in [4.78, 5) is 74.9. The van der Waals surface area contributed by atoms with Crippen LogP contribution in [0.3, 0.4) is 0 Å². The molecular formula is C96H108N6O19. The van der Waals surface area contributed by atoms with Crippen LogP contribution in [0.15, 0.2) is 205 Å². The van der Waals surface area contributed by atoms with Crippen molar-refractivity contribution in [1.82, 2.24) is 28.1 Å². The van der Waals surface area contributed by atoms with Gasteiger partial charge in [-0.15, -0.1) is 0 Å². The van der Waals surface area contributed by atoms with E-state index < -0.39 is 0 Å². The van der Waals surface area contributed by atoms with E-state index >= 15 is 0 Å². The highest BCUT2D eigenvalue weighted by molar-refractivity contribution is 6.02. The van der Waals surface area contributed by atoms with E-state index in [0.29, 0.717) is 132 Å². The number of carbonyl (C=O) groups excluding carboxylic acids is 6. The van der Waals surface area contributed by atoms with Gasteiger partial charge in [-0.05, 0) is 148 Å². The Balaban J connectivity index is 0.000000153. The SMILES string of the molecule is CCOC(=O)c1cc2c(O)cccc2n1C.CCOC(=O)c1cc2c(O)cccc2n1CC(C)C.CCOC(=O)c1cc2c(OCc3ccccc3)cccc2n1C.CCOC(=O)c1cc2c(OCc3ccccc3)cccc2n1CC(C)C.CN(C)C(=O)C1=Cc2cccc(OC[C@@H]3CO3)c2OC1.COc1cccc2c1OCC(C(=O)N(C)C)=C2. The molecular weight excluding hydrogens is 1540 g/mol. The Labute approximate surface area is 705 Å². The van der Waals surface area contributed by atoms with Gasteiger partial charge in [-0.2, -0.15) is 0 Å². The van der Waals surface area contributed by atoms with Crippen molar-refractivity contribution in [1.29, 1.82) is 0 Å². The first-order chi connectivity index (χ1) is 58.3. The second-order valence-electron chi connectivity index (χ2n) is 29.6. The molecule has 4 aromatic heterocycles. The number of likely N-dealkylation sites (N-methyl/N-ethyl adjacent to an activating group) is 2. The number of para-hydroxylation sites is 2. The number of hydrogen-bond donors (Lipinski definition) is 2. The smallest absolute Gasteiger partial charge is 0.354 e. The Morgan fingerprint density at radius 1 is 0.430 bits per heavy atom. The number of ether oxygens (including phenoxy) is 11. The Kier molecular flexibility index (Phi) is 31.8. The summed E-state index contributed by atoms with van der Waals surface area (Å²) in [6.07, 6.45) is 3.92. The highest BCUT2D eigenvalue weighted by atomic mass is 16.6. The van der Waals surface area contributed by atoms with E-state index in [4.69, 9.17) is 52.1 Å². The van der Waals surface area contributed by atoms with Gasteiger partial charge in [0.1, 0.15) is 84.9 Å². The molecule has 0 saturated carbocycles. The second-order valence-corrected chi connectivity index (χ2v) is 29.6. The molecule has 12 aromatic rings. The van der Waals surface area contributed by atoms with Gasteiger partial charge >= 0.3 is 23.9 Å². The lowest BCUT2D eigenvalue weighted by Gasteiger charge is -2.21. The molecule has 15 rings (SSSR count). The molecule has 1 atom stereocenters. The summed E-state index contributed by atoms with van der Waals surface area (Å²) in [6, 6.07) is 60.6. The van der Waals surface area contributed by atoms with Crippen molar-refractivity contribution in [3.8, 4) is 46.0 Å². The summed E-state index contributed by atoms with van der Waals surface area (Å²) < 4.78 is 67.2. The first kappa shape index (κ1) is 89.9. The van der Waals surface area contributed by atoms with Crippen molar-refractivity contribution in [3.05, 3.63) is 250 Å². The second kappa shape index (κ2) is 42.8. The number of benzene rings is 8. The molecule has 1 saturated heterocycles. The summed E-state index contributed by atoms with van der Waals surface area (Å²) >= 11 is 0. The molecule has 25 nitrogen and oxygen atoms in total. The maximum atomic E-state index is 12.4. The molecule has 2 amide bonds. The van der Waals surface area contributed by atoms with Crippen molar-refractivity contribution in [3.63, 3.8) is 0 Å². The lowest BCUT2D eigenvalue weighted by atomic mass is 10.1. The first-order valence-electron chi connectivity index (χ1n) is 40.2. The van der Waals surface area contributed by atoms with Crippen molar-refractivity contribution in [2.75, 3.05) is 88.2 Å². The van der Waals surface area contributed by atoms with E-state index in [-0.39, 0.29) is 66.5 Å². The number of rotatable bonds is 24. The number of esters is 4. The average Bonchev–Trinajstić information content (AvgIpc) is 1.78. The van der Waals surface area contributed by atoms with E-state index in [1.807, 2.05) is 198 Å². The van der Waals surface area contributed by atoms with Crippen LogP contribution in [-0.4, -0.2) is 168 Å². The fourth-order valence-electron chi connectivity index (χ4n) is 13.4. The zero-order valence-corrected chi connectivity index (χ0v) is 71.4. The molecule has 0 unspecified atom stereocenters. The quantitative estimate of drug-likeness (QED) is 0.0323. The molecule has 1 fully saturated rings. The van der Waals surface area contributed by atoms with E-state index in [2.05, 4.69) is 27.7 Å². The summed E-state index contributed by atoms with van der Waals surface area (Å²) in [6.45, 7) is 21.3. The molecule has 636 valence electrons. The molecule has 0 radical (unpaired) electrons. The molecule has 121 heavy (non-hydrogen) atoms. The Bertz CT molecular complexity index is 5650. The van der Waals surface area contributed by atoms with Gasteiger partial charge in [-0.1, -0.05) is 137 Å². The van der Waals surface area contributed by atoms with Gasteiger partial charge in [0.15, 0.2) is 23.0 Å². The summed E-state index contributed by atoms with van der Waals surface area (Å²) in [5.74, 6) is 4.09. The van der Waals surface area contributed by atoms with Gasteiger partial charge < -0.3 is 90.4 Å². The van der Waals surface area contributed by atoms with Crippen LogP contribution >= 0.6 is 0 Å². The molecule has 0 bridgehead atoms. The topological polar surface area (TPSA) is 274 Å². The van der Waals surface area contributed by atoms with Crippen LogP contribution in [0.25, 0.3) is 55.8 Å². The minimum atomic E-state index is -0.374. The number of aromatic hydroxyl groups is 2. The van der Waals surface area contributed by atoms with Crippen LogP contribution in [0, 0.1) is 11.8 Å². The molecule has 3 aliphatic heterocycles. The number of hydrogen-bond acceptors (Lipinski definition) is 19. The number of nitrogens with zero attached hydrogens (tertiary/aromatic N) is 6. The average molecular weight is 1650 g/mol. The lowest BCUT2D eigenvalue weighted by molar-refractivity contribution is -0.125. The van der Waals surface area contributed by atoms with Crippen LogP contribution in [0.1, 0.15) is 120 Å². The largest absolute Gasteiger partial charge is 0.507 e. The summed E-state index contributed by atoms with van der Waals surface area (Å²) in [7, 11) is 12.1. The van der Waals surface area contributed by atoms with Gasteiger partial charge in [-0.3, -0.25) is 9.59 Å². The predicted molar refractivity (Wildman–Crippen MR) is 467 cm³/mol. The Hall–Kier alpha value is -13.4. The fourth-order valence-corrected chi connectivity index (χ4v) is 13.4. The van der Waals surface area contributed by atoms with Gasteiger partial charge in [0, 0.05) is 88.0 Å². The molecule has 8 aromatic carbocycles. The number of aryl methyl sites for hydroxylation is 2. The van der Waals surface area contributed by atoms with Crippen molar-refractivity contribution in [2.45, 2.75) is 87.8 Å². The van der Waals surface area contributed by atoms with Gasteiger partial charge in [0.2, 0.25) is 0 Å². The zero-order chi connectivity index (χ0) is 87.0. The number of aromatic nitrogens is 4. The van der Waals surface area contributed by atoms with Crippen molar-refractivity contribution in [2.24, 2.45) is 25.9 Å². The van der Waals surface area contributed by atoms with Crippen molar-refractivity contribution >= 4 is 91.5 Å². The number of amides is 2. The first-order valence-corrected chi connectivity index (χ1v) is 40.2. The molecule has 0 spiro atoms. The minimum Gasteiger partial charge on any atom is -0.507 e. The van der Waals surface area contributed by atoms with Gasteiger partial charge in [0.25, 0.3) is 11.8 Å². The predicted octanol–water partition coefficient (Wildman–Crippen LogP) is 17.1. The number of fused-ring (bicyclic) bond motifs is 6. The van der Waals surface area contributed by atoms with E-state index in [1.165, 1.54) is 0 Å². The number of epoxide rings is 1. The van der Waals surface area contributed by atoms with Crippen LogP contribution in [0.4, 0.5) is 0 Å². The maximum absolute atomic E-state index is 12.4. The van der Waals surface area contributed by atoms with Gasteiger partial charge in [-0.25, -0.2) is 19.2 Å². The minimum absolute atomic E-state index is 0.0292. The zero-order valence-electron chi connectivity index (χ0n) is 71.4. The molecule has 2 N–H and O–H groups in total. The molecule has 3 aliphatic rings. The van der Waals surface area contributed by atoms with Crippen LogP contribution < -0.4 is 28.4 Å². The third-order valence-corrected chi connectivity index (χ3v) is 19.3. The number of phenolic OH excluding ortho intramolecular Hbond substituents is 2. The monoisotopic (exact) mass is 1650 g/mol. The van der Waals surface area contributed by atoms with Gasteiger partial charge in [0.05, 0.1) is 73.4 Å². The van der Waals surface area contributed by atoms with Crippen LogP contribution in [-0.2, 0) is 73.7 Å². The third-order valence-electron chi connectivity index (χ3n) is 19.3. The van der Waals surface area contributed by atoms with Crippen LogP contribution in [0.5, 0.6) is 46.0 Å². The third kappa shape index (κ3) is 23.1. The molecule has 25 heteroatoms. The highest BCUT2D eigenvalue weighted by Crippen LogP contribution is 2.39. The number of carbonyl (C=O) groups is 6. The molecule has 7 heterocycles. The Morgan fingerprint density at radius 3 is 1.19 bits per heavy atom. The summed E-state index contributed by atoms with van der Waals surface area (Å²) in [5, 5.41) is 22.7. The van der Waals surface area contributed by atoms with Crippen LogP contribution in [0.2, 0.25) is 0 Å². The Morgan fingerprint density at radius 2 is 0.777 bits per heavy atom. The van der Waals surface area contributed by atoms with E-state index in [1.54, 1.807) is 114 Å². The molecule has 0 aliphatic carbocycles.